The number of nitrogens with one attached hydrogen (secondary N) is 1. The van der Waals surface area contributed by atoms with E-state index in [2.05, 4.69) is 5.32 Å². The highest BCUT2D eigenvalue weighted by molar-refractivity contribution is 8.26. The van der Waals surface area contributed by atoms with E-state index >= 15 is 0 Å². The van der Waals surface area contributed by atoms with Crippen molar-refractivity contribution < 1.29 is 29.0 Å². The largest absolute Gasteiger partial charge is 0.493 e. The molecule has 28 heavy (non-hydrogen) atoms. The molecule has 8 nitrogen and oxygen atoms in total. The predicted octanol–water partition coefficient (Wildman–Crippen LogP) is 1.88. The zero-order chi connectivity index (χ0) is 20.8. The lowest BCUT2D eigenvalue weighted by atomic mass is 10.2. The minimum Gasteiger partial charge on any atom is -0.493 e. The fourth-order valence-electron chi connectivity index (χ4n) is 2.38. The molecule has 0 aromatic heterocycles. The van der Waals surface area contributed by atoms with Gasteiger partial charge in [0.2, 0.25) is 5.91 Å². The van der Waals surface area contributed by atoms with Crippen molar-refractivity contribution in [3.63, 3.8) is 0 Å². The maximum Gasteiger partial charge on any atom is 0.325 e. The van der Waals surface area contributed by atoms with E-state index in [1.54, 1.807) is 24.3 Å². The number of methoxy groups -OCH3 is 2. The van der Waals surface area contributed by atoms with Crippen molar-refractivity contribution in [2.75, 3.05) is 20.8 Å². The van der Waals surface area contributed by atoms with Crippen LogP contribution in [-0.2, 0) is 14.4 Å². The lowest BCUT2D eigenvalue weighted by Crippen LogP contribution is -2.40. The van der Waals surface area contributed by atoms with Crippen LogP contribution in [0.25, 0.3) is 6.08 Å². The van der Waals surface area contributed by atoms with Crippen molar-refractivity contribution in [1.82, 2.24) is 10.2 Å². The monoisotopic (exact) mass is 424 g/mol. The van der Waals surface area contributed by atoms with E-state index in [4.69, 9.17) is 26.8 Å². The van der Waals surface area contributed by atoms with Gasteiger partial charge in [-0.25, -0.2) is 0 Å². The van der Waals surface area contributed by atoms with Crippen molar-refractivity contribution in [1.29, 1.82) is 0 Å². The molecular formula is C18H20N2O6S2. The summed E-state index contributed by atoms with van der Waals surface area (Å²) in [6.45, 7) is 1.44. The number of carbonyl (C=O) groups excluding carboxylic acids is 2. The molecule has 0 radical (unpaired) electrons. The standard InChI is InChI=1S/C18H20N2O6S2/c1-10(17(23)24)19-15(21)6-7-20-16(22)14(28-18(20)27)9-11-4-5-12(25-2)13(8-11)26-3/h4-5,8-10H,6-7H2,1-3H3,(H,19,21)(H,23,24)/b14-9+/t10-/m0/s1. The van der Waals surface area contributed by atoms with Gasteiger partial charge in [0.05, 0.1) is 19.1 Å². The van der Waals surface area contributed by atoms with Crippen LogP contribution in [0.2, 0.25) is 0 Å². The van der Waals surface area contributed by atoms with E-state index in [1.807, 2.05) is 0 Å². The van der Waals surface area contributed by atoms with Gasteiger partial charge in [0.15, 0.2) is 11.5 Å². The Bertz CT molecular complexity index is 839. The van der Waals surface area contributed by atoms with Crippen LogP contribution in [0, 0.1) is 0 Å². The molecule has 1 saturated heterocycles. The number of nitrogens with zero attached hydrogens (tertiary/aromatic N) is 1. The molecule has 2 N–H and O–H groups in total. The van der Waals surface area contributed by atoms with E-state index in [9.17, 15) is 14.4 Å². The summed E-state index contributed by atoms with van der Waals surface area (Å²) in [6, 6.07) is 4.27. The number of hydrogen-bond donors (Lipinski definition) is 2. The Morgan fingerprint density at radius 3 is 2.61 bits per heavy atom. The summed E-state index contributed by atoms with van der Waals surface area (Å²) in [6.07, 6.45) is 1.64. The number of carboxylic acid groups (broad SMARTS) is 1. The number of hydrogen-bond acceptors (Lipinski definition) is 7. The van der Waals surface area contributed by atoms with Gasteiger partial charge in [-0.05, 0) is 30.7 Å². The number of benzene rings is 1. The number of amides is 2. The number of ether oxygens (including phenoxy) is 2. The molecule has 0 aliphatic carbocycles. The van der Waals surface area contributed by atoms with Gasteiger partial charge in [0, 0.05) is 13.0 Å². The van der Waals surface area contributed by atoms with Crippen molar-refractivity contribution in [3.05, 3.63) is 28.7 Å². The van der Waals surface area contributed by atoms with Crippen LogP contribution in [0.3, 0.4) is 0 Å². The molecule has 1 fully saturated rings. The Balaban J connectivity index is 2.06. The highest BCUT2D eigenvalue weighted by atomic mass is 32.2. The molecular weight excluding hydrogens is 404 g/mol. The smallest absolute Gasteiger partial charge is 0.325 e. The van der Waals surface area contributed by atoms with Gasteiger partial charge in [0.25, 0.3) is 5.91 Å². The second-order valence-corrected chi connectivity index (χ2v) is 7.50. The zero-order valence-corrected chi connectivity index (χ0v) is 17.2. The average molecular weight is 425 g/mol. The van der Waals surface area contributed by atoms with Gasteiger partial charge >= 0.3 is 5.97 Å². The van der Waals surface area contributed by atoms with Crippen molar-refractivity contribution in [2.45, 2.75) is 19.4 Å². The summed E-state index contributed by atoms with van der Waals surface area (Å²) in [5.74, 6) is -0.779. The van der Waals surface area contributed by atoms with Gasteiger partial charge < -0.3 is 19.9 Å². The first-order valence-electron chi connectivity index (χ1n) is 8.26. The third-order valence-corrected chi connectivity index (χ3v) is 5.27. The number of carbonyl (C=O) groups is 3. The molecule has 0 saturated carbocycles. The van der Waals surface area contributed by atoms with E-state index in [1.165, 1.54) is 26.0 Å². The van der Waals surface area contributed by atoms with Gasteiger partial charge in [-0.15, -0.1) is 0 Å². The van der Waals surface area contributed by atoms with Gasteiger partial charge in [0.1, 0.15) is 10.4 Å². The second-order valence-electron chi connectivity index (χ2n) is 5.83. The average Bonchev–Trinajstić information content (AvgIpc) is 2.92. The first-order valence-corrected chi connectivity index (χ1v) is 9.48. The number of carboxylic acids is 1. The molecule has 0 spiro atoms. The van der Waals surface area contributed by atoms with Crippen LogP contribution in [-0.4, -0.2) is 58.9 Å². The Morgan fingerprint density at radius 1 is 1.32 bits per heavy atom. The van der Waals surface area contributed by atoms with Crippen molar-refractivity contribution >= 4 is 52.2 Å². The summed E-state index contributed by atoms with van der Waals surface area (Å²) >= 11 is 6.38. The fourth-order valence-corrected chi connectivity index (χ4v) is 3.68. The summed E-state index contributed by atoms with van der Waals surface area (Å²) in [4.78, 5) is 37.0. The highest BCUT2D eigenvalue weighted by Crippen LogP contribution is 2.34. The minimum atomic E-state index is -1.13. The predicted molar refractivity (Wildman–Crippen MR) is 109 cm³/mol. The Morgan fingerprint density at radius 2 is 2.00 bits per heavy atom. The summed E-state index contributed by atoms with van der Waals surface area (Å²) in [7, 11) is 3.06. The van der Waals surface area contributed by atoms with E-state index in [-0.39, 0.29) is 18.9 Å². The molecule has 1 heterocycles. The van der Waals surface area contributed by atoms with Crippen LogP contribution in [0.15, 0.2) is 23.1 Å². The maximum absolute atomic E-state index is 12.6. The minimum absolute atomic E-state index is 0.0479. The zero-order valence-electron chi connectivity index (χ0n) is 15.6. The third kappa shape index (κ3) is 5.23. The fraction of sp³-hybridized carbons (Fsp3) is 0.333. The Hall–Kier alpha value is -2.59. The number of thiocarbonyl (C=S) groups is 1. The quantitative estimate of drug-likeness (QED) is 0.481. The molecule has 150 valence electrons. The lowest BCUT2D eigenvalue weighted by Gasteiger charge is -2.15. The van der Waals surface area contributed by atoms with E-state index in [0.29, 0.717) is 20.7 Å². The number of thioether (sulfide) groups is 1. The van der Waals surface area contributed by atoms with Crippen LogP contribution in [0.4, 0.5) is 0 Å². The Kier molecular flexibility index (Phi) is 7.41. The van der Waals surface area contributed by atoms with E-state index in [0.717, 1.165) is 17.3 Å². The second kappa shape index (κ2) is 9.56. The van der Waals surface area contributed by atoms with Gasteiger partial charge in [-0.3, -0.25) is 19.3 Å². The van der Waals surface area contributed by atoms with Gasteiger partial charge in [-0.1, -0.05) is 30.0 Å². The SMILES string of the molecule is COc1ccc(/C=C2/SC(=S)N(CCC(=O)N[C@@H](C)C(=O)O)C2=O)cc1OC. The molecule has 0 unspecified atom stereocenters. The molecule has 10 heteroatoms. The number of aliphatic carboxylic acids is 1. The molecule has 1 aromatic carbocycles. The normalized spacial score (nSPS) is 16.2. The van der Waals surface area contributed by atoms with Crippen LogP contribution >= 0.6 is 24.0 Å². The highest BCUT2D eigenvalue weighted by Gasteiger charge is 2.32. The molecule has 1 atom stereocenters. The molecule has 1 aromatic rings. The lowest BCUT2D eigenvalue weighted by molar-refractivity contribution is -0.141. The van der Waals surface area contributed by atoms with E-state index < -0.39 is 17.9 Å². The maximum atomic E-state index is 12.6. The summed E-state index contributed by atoms with van der Waals surface area (Å²) < 4.78 is 10.8. The third-order valence-electron chi connectivity index (χ3n) is 3.89. The van der Waals surface area contributed by atoms with Crippen LogP contribution in [0.5, 0.6) is 11.5 Å². The first kappa shape index (κ1) is 21.7. The molecule has 0 bridgehead atoms. The summed E-state index contributed by atoms with van der Waals surface area (Å²) in [5, 5.41) is 11.2. The van der Waals surface area contributed by atoms with Crippen LogP contribution in [0.1, 0.15) is 18.9 Å². The van der Waals surface area contributed by atoms with Crippen LogP contribution < -0.4 is 14.8 Å². The topological polar surface area (TPSA) is 105 Å². The molecule has 2 rings (SSSR count). The number of rotatable bonds is 8. The first-order chi connectivity index (χ1) is 13.3. The summed E-state index contributed by atoms with van der Waals surface area (Å²) in [5.41, 5.74) is 0.742. The van der Waals surface area contributed by atoms with Gasteiger partial charge in [-0.2, -0.15) is 0 Å². The molecule has 2 amide bonds. The van der Waals surface area contributed by atoms with Crippen molar-refractivity contribution in [2.24, 2.45) is 0 Å². The molecule has 1 aliphatic heterocycles. The Labute approximate surface area is 171 Å². The molecule has 1 aliphatic rings. The van der Waals surface area contributed by atoms with Crippen molar-refractivity contribution in [3.8, 4) is 11.5 Å².